The van der Waals surface area contributed by atoms with Crippen LogP contribution in [0.1, 0.15) is 61.8 Å². The molecule has 1 aliphatic carbocycles. The number of alkyl halides is 9. The summed E-state index contributed by atoms with van der Waals surface area (Å²) in [5, 5.41) is 22.5. The fourth-order valence-electron chi connectivity index (χ4n) is 6.87. The summed E-state index contributed by atoms with van der Waals surface area (Å²) in [5.74, 6) is -8.14. The highest BCUT2D eigenvalue weighted by atomic mass is 35.5. The predicted octanol–water partition coefficient (Wildman–Crippen LogP) is 5.67. The Kier molecular flexibility index (Phi) is 22.6. The summed E-state index contributed by atoms with van der Waals surface area (Å²) in [7, 11) is -4.29. The highest BCUT2D eigenvalue weighted by Crippen LogP contribution is 2.37. The second-order valence-electron chi connectivity index (χ2n) is 15.7. The van der Waals surface area contributed by atoms with E-state index in [0.29, 0.717) is 75.0 Å². The molecule has 2 fully saturated rings. The van der Waals surface area contributed by atoms with E-state index >= 15 is 0 Å². The maximum Gasteiger partial charge on any atom is 0.490 e. The normalized spacial score (nSPS) is 15.1. The molecule has 0 unspecified atom stereocenters. The van der Waals surface area contributed by atoms with Crippen molar-refractivity contribution in [3.05, 3.63) is 63.3 Å². The molecule has 1 aromatic heterocycles. The number of benzene rings is 2. The second kappa shape index (κ2) is 26.2. The van der Waals surface area contributed by atoms with Crippen LogP contribution in [0.2, 0.25) is 10.0 Å². The summed E-state index contributed by atoms with van der Waals surface area (Å²) in [5.41, 5.74) is 18.4. The molecule has 1 saturated heterocycles. The number of para-hydroxylation sites is 1. The van der Waals surface area contributed by atoms with Crippen molar-refractivity contribution in [2.75, 3.05) is 32.7 Å². The van der Waals surface area contributed by atoms with Crippen LogP contribution < -0.4 is 26.7 Å². The number of sulfonamides is 1. The molecule has 10 N–H and O–H groups in total. The van der Waals surface area contributed by atoms with Crippen molar-refractivity contribution in [2.45, 2.75) is 100 Å². The van der Waals surface area contributed by atoms with E-state index in [2.05, 4.69) is 14.7 Å². The number of rotatable bonds is 13. The van der Waals surface area contributed by atoms with Crippen molar-refractivity contribution < 1.29 is 92.0 Å². The first kappa shape index (κ1) is 62.2. The van der Waals surface area contributed by atoms with Gasteiger partial charge in [-0.1, -0.05) is 48.2 Å². The Labute approximate surface area is 414 Å². The topological polar surface area (TPSA) is 311 Å². The summed E-state index contributed by atoms with van der Waals surface area (Å²) in [6.45, 7) is 5.44. The number of hydrogen-bond acceptors (Lipinski definition) is 11. The van der Waals surface area contributed by atoms with Gasteiger partial charge in [-0.05, 0) is 69.4 Å². The fourth-order valence-corrected chi connectivity index (χ4v) is 9.17. The van der Waals surface area contributed by atoms with Crippen molar-refractivity contribution in [2.24, 2.45) is 22.2 Å². The fraction of sp³-hybridized carbons (Fsp3) is 0.488. The van der Waals surface area contributed by atoms with E-state index in [1.54, 1.807) is 15.9 Å². The van der Waals surface area contributed by atoms with Gasteiger partial charge in [0.2, 0.25) is 21.8 Å². The molecule has 0 bridgehead atoms. The number of fused-ring (bicyclic) bond motifs is 1. The summed E-state index contributed by atoms with van der Waals surface area (Å²) >= 11 is 13.3. The Morgan fingerprint density at radius 1 is 0.847 bits per heavy atom. The minimum absolute atomic E-state index is 0.0176. The van der Waals surface area contributed by atoms with Gasteiger partial charge in [-0.3, -0.25) is 14.6 Å². The minimum atomic E-state index is -5.08. The predicted molar refractivity (Wildman–Crippen MR) is 240 cm³/mol. The number of carboxylic acids is 3. The van der Waals surface area contributed by atoms with E-state index in [0.717, 1.165) is 16.6 Å². The molecule has 5 rings (SSSR count). The quantitative estimate of drug-likeness (QED) is 0.0469. The van der Waals surface area contributed by atoms with Gasteiger partial charge < -0.3 is 47.1 Å². The van der Waals surface area contributed by atoms with Crippen LogP contribution >= 0.6 is 23.2 Å². The molecule has 1 aliphatic heterocycles. The molecule has 2 aliphatic rings. The van der Waals surface area contributed by atoms with E-state index in [1.807, 2.05) is 32.0 Å². The van der Waals surface area contributed by atoms with Crippen LogP contribution in [-0.4, -0.2) is 137 Å². The van der Waals surface area contributed by atoms with Crippen molar-refractivity contribution >= 4 is 79.8 Å². The Morgan fingerprint density at radius 2 is 1.35 bits per heavy atom. The average molecular weight is 1100 g/mol. The van der Waals surface area contributed by atoms with Gasteiger partial charge in [-0.15, -0.1) is 0 Å². The number of nitrogens with zero attached hydrogens (tertiary/aromatic N) is 4. The molecule has 31 heteroatoms. The van der Waals surface area contributed by atoms with Crippen molar-refractivity contribution in [3.8, 4) is 5.75 Å². The van der Waals surface area contributed by atoms with Crippen molar-refractivity contribution in [1.29, 1.82) is 0 Å². The van der Waals surface area contributed by atoms with E-state index < -0.39 is 52.0 Å². The number of carboxylic acid groups (broad SMARTS) is 3. The van der Waals surface area contributed by atoms with Gasteiger partial charge in [-0.25, -0.2) is 27.8 Å². The summed E-state index contributed by atoms with van der Waals surface area (Å²) in [6, 6.07) is 10.1. The zero-order chi connectivity index (χ0) is 55.2. The molecule has 402 valence electrons. The number of amides is 2. The average Bonchev–Trinajstić information content (AvgIpc) is 3.73. The Bertz CT molecular complexity index is 2500. The number of nitrogens with one attached hydrogen (secondary N) is 1. The number of carbonyl (C=O) groups is 5. The molecule has 0 radical (unpaired) electrons. The van der Waals surface area contributed by atoms with Gasteiger partial charge in [0.15, 0.2) is 5.96 Å². The van der Waals surface area contributed by atoms with Gasteiger partial charge >= 0.3 is 36.4 Å². The first-order valence-electron chi connectivity index (χ1n) is 20.8. The third kappa shape index (κ3) is 18.9. The second-order valence-corrected chi connectivity index (χ2v) is 18.2. The molecule has 72 heavy (non-hydrogen) atoms. The van der Waals surface area contributed by atoms with Gasteiger partial charge in [-0.2, -0.15) is 44.2 Å². The number of carbonyl (C=O) groups excluding carboxylic acids is 2. The zero-order valence-corrected chi connectivity index (χ0v) is 40.3. The van der Waals surface area contributed by atoms with Crippen molar-refractivity contribution in [3.63, 3.8) is 0 Å². The number of aryl methyl sites for hydroxylation is 2. The largest absolute Gasteiger partial charge is 0.490 e. The van der Waals surface area contributed by atoms with Gasteiger partial charge in [0.05, 0.1) is 5.02 Å². The Hall–Kier alpha value is -5.91. The van der Waals surface area contributed by atoms with E-state index in [-0.39, 0.29) is 64.9 Å². The number of guanidine groups is 1. The molecular weight excluding hydrogens is 1050 g/mol. The van der Waals surface area contributed by atoms with E-state index in [1.165, 1.54) is 12.1 Å². The number of pyridine rings is 1. The van der Waals surface area contributed by atoms with Crippen LogP contribution in [0.25, 0.3) is 10.9 Å². The highest BCUT2D eigenvalue weighted by Gasteiger charge is 2.48. The minimum Gasteiger partial charge on any atom is -0.487 e. The van der Waals surface area contributed by atoms with Crippen LogP contribution in [0.5, 0.6) is 5.75 Å². The number of hydrogen-bond donors (Lipinski definition) is 7. The number of nitrogens with two attached hydrogens (primary N) is 3. The van der Waals surface area contributed by atoms with Crippen LogP contribution in [0, 0.1) is 13.8 Å². The molecule has 1 saturated carbocycles. The first-order valence-corrected chi connectivity index (χ1v) is 23.1. The highest BCUT2D eigenvalue weighted by molar-refractivity contribution is 7.89. The number of ether oxygens (including phenoxy) is 1. The zero-order valence-electron chi connectivity index (χ0n) is 37.9. The summed E-state index contributed by atoms with van der Waals surface area (Å²) < 4.78 is 132. The lowest BCUT2D eigenvalue weighted by Gasteiger charge is -2.40. The summed E-state index contributed by atoms with van der Waals surface area (Å²) in [4.78, 5) is 65.4. The maximum atomic E-state index is 14.1. The monoisotopic (exact) mass is 1100 g/mol. The molecular formula is C41H49Cl2F9N8O11S. The first-order chi connectivity index (χ1) is 33.0. The number of aromatic nitrogens is 1. The van der Waals surface area contributed by atoms with Crippen LogP contribution in [-0.2, 0) is 40.6 Å². The SMILES string of the molecule is Cc1cc(C)c2cccc(OCc3c(Cl)ccc(S(=O)(=O)NC4(C(=O)N5CCN(C(=O)C[C@@H](N)CCCN=C(N)N)CC5)CCCC4)c3Cl)c2n1.O=C(O)C(F)(F)F.O=C(O)C(F)(F)F.O=C(O)C(F)(F)F. The lowest BCUT2D eigenvalue weighted by molar-refractivity contribution is -0.193. The lowest BCUT2D eigenvalue weighted by Crippen LogP contribution is -2.61. The third-order valence-electron chi connectivity index (χ3n) is 10.3. The standard InChI is InChI=1S/C35H46Cl2N8O5S.3C2HF3O2/c1-22-19-23(2)42-32-25(22)8-5-9-28(32)50-21-26-27(36)10-11-29(31(26)37)51(48,49)43-35(12-3-4-13-35)33(47)45-17-15-44(16-18-45)30(46)20-24(38)7-6-14-41-34(39)40;3*3-2(4,5)1(6)7/h5,8-11,19,24,43H,3-4,6-7,12-18,20-21,38H2,1-2H3,(H4,39,40,41);3*(H,6,7)/t24-;;;/m0.../s1. The van der Waals surface area contributed by atoms with Crippen LogP contribution in [0.3, 0.4) is 0 Å². The molecule has 1 atom stereocenters. The molecule has 3 aromatic rings. The summed E-state index contributed by atoms with van der Waals surface area (Å²) in [6.07, 6.45) is -11.8. The molecule has 0 spiro atoms. The number of piperazine rings is 1. The molecule has 19 nitrogen and oxygen atoms in total. The van der Waals surface area contributed by atoms with Gasteiger partial charge in [0.25, 0.3) is 0 Å². The Morgan fingerprint density at radius 3 is 1.83 bits per heavy atom. The molecule has 2 aromatic carbocycles. The lowest BCUT2D eigenvalue weighted by atomic mass is 9.96. The number of halogens is 11. The molecule has 2 amide bonds. The van der Waals surface area contributed by atoms with Gasteiger partial charge in [0, 0.05) is 66.9 Å². The van der Waals surface area contributed by atoms with Gasteiger partial charge in [0.1, 0.15) is 28.3 Å². The molecule has 2 heterocycles. The smallest absolute Gasteiger partial charge is 0.487 e. The van der Waals surface area contributed by atoms with Crippen molar-refractivity contribution in [1.82, 2.24) is 19.5 Å². The van der Waals surface area contributed by atoms with E-state index in [9.17, 15) is 57.5 Å². The number of aliphatic imine (C=N–C) groups is 1. The van der Waals surface area contributed by atoms with Crippen LogP contribution in [0.4, 0.5) is 39.5 Å². The van der Waals surface area contributed by atoms with E-state index in [4.69, 9.17) is 74.8 Å². The number of aliphatic carboxylic acids is 3. The van der Waals surface area contributed by atoms with Crippen LogP contribution in [0.15, 0.2) is 46.3 Å². The Balaban J connectivity index is 0.000000705. The maximum absolute atomic E-state index is 14.1. The third-order valence-corrected chi connectivity index (χ3v) is 12.7.